The van der Waals surface area contributed by atoms with Crippen LogP contribution in [0.3, 0.4) is 0 Å². The molecule has 0 aliphatic carbocycles. The zero-order valence-electron chi connectivity index (χ0n) is 12.7. The van der Waals surface area contributed by atoms with E-state index in [1.807, 2.05) is 13.0 Å². The first-order valence-electron chi connectivity index (χ1n) is 6.90. The van der Waals surface area contributed by atoms with Gasteiger partial charge in [-0.15, -0.1) is 11.3 Å². The van der Waals surface area contributed by atoms with Gasteiger partial charge in [0.15, 0.2) is 16.4 Å². The summed E-state index contributed by atoms with van der Waals surface area (Å²) in [5.41, 5.74) is 0.200. The first-order chi connectivity index (χ1) is 10.8. The average molecular weight is 352 g/mol. The minimum atomic E-state index is -3.31. The average Bonchev–Trinajstić information content (AvgIpc) is 3.00. The van der Waals surface area contributed by atoms with E-state index in [1.54, 1.807) is 6.07 Å². The Morgan fingerprint density at radius 3 is 2.26 bits per heavy atom. The Labute approximate surface area is 138 Å². The molecular formula is C16H16O5S2. The number of hydrogen-bond donors (Lipinski definition) is 0. The van der Waals surface area contributed by atoms with E-state index in [0.717, 1.165) is 17.6 Å². The van der Waals surface area contributed by atoms with Gasteiger partial charge in [0.25, 0.3) is 0 Å². The highest BCUT2D eigenvalue weighted by Gasteiger charge is 2.14. The fraction of sp³-hybridized carbons (Fsp3) is 0.250. The van der Waals surface area contributed by atoms with Gasteiger partial charge in [-0.05, 0) is 42.8 Å². The Balaban J connectivity index is 1.98. The van der Waals surface area contributed by atoms with Gasteiger partial charge < -0.3 is 4.74 Å². The van der Waals surface area contributed by atoms with Crippen LogP contribution < -0.4 is 0 Å². The molecule has 0 bridgehead atoms. The van der Waals surface area contributed by atoms with E-state index in [0.29, 0.717) is 4.88 Å². The van der Waals surface area contributed by atoms with Crippen molar-refractivity contribution in [2.75, 3.05) is 12.9 Å². The van der Waals surface area contributed by atoms with Crippen LogP contribution in [-0.2, 0) is 21.0 Å². The molecule has 0 amide bonds. The molecule has 0 aliphatic heterocycles. The molecule has 0 aliphatic rings. The van der Waals surface area contributed by atoms with Gasteiger partial charge in [0.2, 0.25) is 5.78 Å². The van der Waals surface area contributed by atoms with Gasteiger partial charge in [-0.25, -0.2) is 13.2 Å². The van der Waals surface area contributed by atoms with Crippen LogP contribution in [0.15, 0.2) is 41.3 Å². The normalized spacial score (nSPS) is 11.2. The first kappa shape index (κ1) is 17.4. The minimum Gasteiger partial charge on any atom is -0.454 e. The molecule has 0 unspecified atom stereocenters. The fourth-order valence-electron chi connectivity index (χ4n) is 1.84. The lowest BCUT2D eigenvalue weighted by Gasteiger charge is -2.04. The summed E-state index contributed by atoms with van der Waals surface area (Å²) in [5, 5.41) is 0. The number of Topliss-reactive ketones (excluding diaryl/α,β-unsaturated/α-hetero) is 1. The van der Waals surface area contributed by atoms with Crippen molar-refractivity contribution in [3.63, 3.8) is 0 Å². The summed E-state index contributed by atoms with van der Waals surface area (Å²) in [6.45, 7) is 1.66. The maximum absolute atomic E-state index is 11.9. The molecule has 0 N–H and O–H groups in total. The number of sulfone groups is 1. The smallest absolute Gasteiger partial charge is 0.338 e. The Bertz CT molecular complexity index is 816. The zero-order valence-corrected chi connectivity index (χ0v) is 14.4. The minimum absolute atomic E-state index is 0.121. The van der Waals surface area contributed by atoms with Crippen LogP contribution in [0.25, 0.3) is 0 Å². The van der Waals surface area contributed by atoms with E-state index in [2.05, 4.69) is 0 Å². The van der Waals surface area contributed by atoms with Crippen molar-refractivity contribution in [1.82, 2.24) is 0 Å². The molecule has 0 saturated heterocycles. The van der Waals surface area contributed by atoms with Crippen LogP contribution in [0.4, 0.5) is 0 Å². The largest absolute Gasteiger partial charge is 0.454 e. The summed E-state index contributed by atoms with van der Waals surface area (Å²) in [6.07, 6.45) is 1.94. The third kappa shape index (κ3) is 4.49. The number of ether oxygens (including phenoxy) is 1. The molecule has 7 heteroatoms. The topological polar surface area (TPSA) is 77.5 Å². The Kier molecular flexibility index (Phi) is 5.33. The number of esters is 1. The number of carbonyl (C=O) groups is 2. The number of hydrogen-bond acceptors (Lipinski definition) is 6. The Morgan fingerprint density at radius 2 is 1.74 bits per heavy atom. The van der Waals surface area contributed by atoms with Gasteiger partial charge in [0, 0.05) is 11.1 Å². The number of rotatable bonds is 6. The lowest BCUT2D eigenvalue weighted by molar-refractivity contribution is 0.0475. The Hall–Kier alpha value is -1.99. The molecule has 23 heavy (non-hydrogen) atoms. The molecule has 0 fully saturated rings. The lowest BCUT2D eigenvalue weighted by Crippen LogP contribution is -2.13. The van der Waals surface area contributed by atoms with Crippen molar-refractivity contribution in [2.24, 2.45) is 0 Å². The molecule has 1 heterocycles. The number of aryl methyl sites for hydroxylation is 1. The quantitative estimate of drug-likeness (QED) is 0.590. The van der Waals surface area contributed by atoms with Crippen molar-refractivity contribution in [2.45, 2.75) is 18.2 Å². The summed E-state index contributed by atoms with van der Waals surface area (Å²) in [6, 6.07) is 9.00. The molecule has 0 saturated carbocycles. The lowest BCUT2D eigenvalue weighted by atomic mass is 10.2. The second kappa shape index (κ2) is 7.06. The zero-order chi connectivity index (χ0) is 17.0. The molecule has 0 radical (unpaired) electrons. The fourth-order valence-corrected chi connectivity index (χ4v) is 3.34. The van der Waals surface area contributed by atoms with Crippen LogP contribution in [0.2, 0.25) is 0 Å². The molecular weight excluding hydrogens is 336 g/mol. The van der Waals surface area contributed by atoms with E-state index < -0.39 is 15.8 Å². The van der Waals surface area contributed by atoms with Crippen LogP contribution >= 0.6 is 11.3 Å². The molecule has 5 nitrogen and oxygen atoms in total. The standard InChI is InChI=1S/C16H16O5S2/c1-3-12-6-9-15(22-12)14(17)10-21-16(18)11-4-7-13(8-5-11)23(2,19)20/h4-9H,3,10H2,1-2H3. The van der Waals surface area contributed by atoms with Crippen molar-refractivity contribution in [1.29, 1.82) is 0 Å². The molecule has 0 atom stereocenters. The van der Waals surface area contributed by atoms with Crippen molar-refractivity contribution in [3.8, 4) is 0 Å². The summed E-state index contributed by atoms with van der Waals surface area (Å²) >= 11 is 1.39. The Morgan fingerprint density at radius 1 is 1.09 bits per heavy atom. The van der Waals surface area contributed by atoms with E-state index in [1.165, 1.54) is 35.6 Å². The molecule has 0 spiro atoms. The molecule has 2 aromatic rings. The number of ketones is 1. The second-order valence-electron chi connectivity index (χ2n) is 4.92. The van der Waals surface area contributed by atoms with Gasteiger partial charge in [-0.3, -0.25) is 4.79 Å². The van der Waals surface area contributed by atoms with Gasteiger partial charge in [0.05, 0.1) is 15.3 Å². The van der Waals surface area contributed by atoms with Gasteiger partial charge in [-0.2, -0.15) is 0 Å². The van der Waals surface area contributed by atoms with Crippen molar-refractivity contribution in [3.05, 3.63) is 51.7 Å². The van der Waals surface area contributed by atoms with E-state index in [9.17, 15) is 18.0 Å². The van der Waals surface area contributed by atoms with Crippen molar-refractivity contribution >= 4 is 32.9 Å². The molecule has 1 aromatic carbocycles. The summed E-state index contributed by atoms with van der Waals surface area (Å²) < 4.78 is 27.7. The van der Waals surface area contributed by atoms with Gasteiger partial charge in [0.1, 0.15) is 0 Å². The van der Waals surface area contributed by atoms with E-state index in [-0.39, 0.29) is 22.8 Å². The highest BCUT2D eigenvalue weighted by molar-refractivity contribution is 7.90. The maximum atomic E-state index is 11.9. The number of thiophene rings is 1. The van der Waals surface area contributed by atoms with Crippen LogP contribution in [0.1, 0.15) is 31.8 Å². The maximum Gasteiger partial charge on any atom is 0.338 e. The van der Waals surface area contributed by atoms with E-state index >= 15 is 0 Å². The highest BCUT2D eigenvalue weighted by atomic mass is 32.2. The van der Waals surface area contributed by atoms with Gasteiger partial charge >= 0.3 is 5.97 Å². The summed E-state index contributed by atoms with van der Waals surface area (Å²) in [4.78, 5) is 25.6. The summed E-state index contributed by atoms with van der Waals surface area (Å²) in [5.74, 6) is -0.915. The predicted octanol–water partition coefficient (Wildman–Crippen LogP) is 2.75. The highest BCUT2D eigenvalue weighted by Crippen LogP contribution is 2.18. The second-order valence-corrected chi connectivity index (χ2v) is 8.10. The van der Waals surface area contributed by atoms with Crippen LogP contribution in [-0.4, -0.2) is 33.0 Å². The monoisotopic (exact) mass is 352 g/mol. The molecule has 122 valence electrons. The first-order valence-corrected chi connectivity index (χ1v) is 9.61. The van der Waals surface area contributed by atoms with Gasteiger partial charge in [-0.1, -0.05) is 6.92 Å². The number of carbonyl (C=O) groups excluding carboxylic acids is 2. The predicted molar refractivity (Wildman–Crippen MR) is 87.9 cm³/mol. The van der Waals surface area contributed by atoms with Crippen LogP contribution in [0, 0.1) is 0 Å². The third-order valence-corrected chi connectivity index (χ3v) is 5.54. The SMILES string of the molecule is CCc1ccc(C(=O)COC(=O)c2ccc(S(C)(=O)=O)cc2)s1. The van der Waals surface area contributed by atoms with Crippen LogP contribution in [0.5, 0.6) is 0 Å². The molecule has 1 aromatic heterocycles. The number of benzene rings is 1. The van der Waals surface area contributed by atoms with Crippen molar-refractivity contribution < 1.29 is 22.7 Å². The summed E-state index contributed by atoms with van der Waals surface area (Å²) in [7, 11) is -3.31. The third-order valence-electron chi connectivity index (χ3n) is 3.14. The molecule has 2 rings (SSSR count). The van der Waals surface area contributed by atoms with E-state index in [4.69, 9.17) is 4.74 Å².